The molecule has 148 valence electrons. The Morgan fingerprint density at radius 3 is 2.66 bits per heavy atom. The number of fused-ring (bicyclic) bond motifs is 1. The van der Waals surface area contributed by atoms with Gasteiger partial charge in [-0.2, -0.15) is 0 Å². The largest absolute Gasteiger partial charge is 0.365 e. The van der Waals surface area contributed by atoms with Gasteiger partial charge in [-0.05, 0) is 19.1 Å². The molecular weight excluding hydrogens is 366 g/mol. The summed E-state index contributed by atoms with van der Waals surface area (Å²) in [6.45, 7) is 3.05. The SMILES string of the molecule is CNC(=O)[C@H]1CN(C(=O)c2cc(-c3ccc(C)cc3)nc3ccccc23)CCO1. The fraction of sp³-hybridized carbons (Fsp3) is 0.261. The molecule has 1 N–H and O–H groups in total. The van der Waals surface area contributed by atoms with E-state index in [0.717, 1.165) is 22.2 Å². The monoisotopic (exact) mass is 389 g/mol. The molecular formula is C23H23N3O3. The molecule has 3 aromatic rings. The van der Waals surface area contributed by atoms with E-state index in [-0.39, 0.29) is 18.4 Å². The van der Waals surface area contributed by atoms with Crippen LogP contribution in [0, 0.1) is 6.92 Å². The van der Waals surface area contributed by atoms with Crippen LogP contribution < -0.4 is 5.32 Å². The third-order valence-electron chi connectivity index (χ3n) is 5.19. The number of carbonyl (C=O) groups excluding carboxylic acids is 2. The van der Waals surface area contributed by atoms with Crippen molar-refractivity contribution >= 4 is 22.7 Å². The van der Waals surface area contributed by atoms with Crippen molar-refractivity contribution in [2.45, 2.75) is 13.0 Å². The minimum absolute atomic E-state index is 0.117. The first-order valence-electron chi connectivity index (χ1n) is 9.66. The Bertz CT molecular complexity index is 1060. The van der Waals surface area contributed by atoms with Gasteiger partial charge < -0.3 is 15.0 Å². The molecule has 0 saturated carbocycles. The van der Waals surface area contributed by atoms with Crippen LogP contribution in [0.15, 0.2) is 54.6 Å². The highest BCUT2D eigenvalue weighted by molar-refractivity contribution is 6.07. The second-order valence-corrected chi connectivity index (χ2v) is 7.16. The van der Waals surface area contributed by atoms with E-state index in [0.29, 0.717) is 18.7 Å². The zero-order valence-electron chi connectivity index (χ0n) is 16.5. The summed E-state index contributed by atoms with van der Waals surface area (Å²) in [5.41, 5.74) is 4.23. The molecule has 0 spiro atoms. The predicted octanol–water partition coefficient (Wildman–Crippen LogP) is 2.80. The smallest absolute Gasteiger partial charge is 0.254 e. The number of hydrogen-bond donors (Lipinski definition) is 1. The summed E-state index contributed by atoms with van der Waals surface area (Å²) >= 11 is 0. The number of nitrogens with one attached hydrogen (secondary N) is 1. The summed E-state index contributed by atoms with van der Waals surface area (Å²) in [7, 11) is 1.57. The van der Waals surface area contributed by atoms with E-state index in [4.69, 9.17) is 9.72 Å². The average molecular weight is 389 g/mol. The Morgan fingerprint density at radius 1 is 1.14 bits per heavy atom. The van der Waals surface area contributed by atoms with E-state index in [1.165, 1.54) is 5.56 Å². The van der Waals surface area contributed by atoms with Crippen LogP contribution in [0.3, 0.4) is 0 Å². The van der Waals surface area contributed by atoms with E-state index in [9.17, 15) is 9.59 Å². The van der Waals surface area contributed by atoms with Gasteiger partial charge in [0.2, 0.25) is 0 Å². The number of hydrogen-bond acceptors (Lipinski definition) is 4. The lowest BCUT2D eigenvalue weighted by Gasteiger charge is -2.32. The van der Waals surface area contributed by atoms with Crippen molar-refractivity contribution < 1.29 is 14.3 Å². The standard InChI is InChI=1S/C23H23N3O3/c1-15-7-9-16(10-8-15)20-13-18(17-5-3-4-6-19(17)25-20)23(28)26-11-12-29-21(14-26)22(27)24-2/h3-10,13,21H,11-12,14H2,1-2H3,(H,24,27)/t21-/m1/s1. The number of amides is 2. The van der Waals surface area contributed by atoms with E-state index < -0.39 is 6.10 Å². The van der Waals surface area contributed by atoms with Crippen molar-refractivity contribution in [1.82, 2.24) is 15.2 Å². The average Bonchev–Trinajstić information content (AvgIpc) is 2.78. The predicted molar refractivity (Wildman–Crippen MR) is 112 cm³/mol. The number of para-hydroxylation sites is 1. The first-order chi connectivity index (χ1) is 14.1. The molecule has 0 unspecified atom stereocenters. The van der Waals surface area contributed by atoms with Crippen molar-refractivity contribution in [2.24, 2.45) is 0 Å². The van der Waals surface area contributed by atoms with Crippen LogP contribution in [-0.4, -0.2) is 54.5 Å². The van der Waals surface area contributed by atoms with Gasteiger partial charge in [0, 0.05) is 24.5 Å². The Labute approximate surface area is 169 Å². The number of rotatable bonds is 3. The van der Waals surface area contributed by atoms with Gasteiger partial charge in [-0.15, -0.1) is 0 Å². The summed E-state index contributed by atoms with van der Waals surface area (Å²) in [5.74, 6) is -0.336. The molecule has 1 aromatic heterocycles. The Morgan fingerprint density at radius 2 is 1.90 bits per heavy atom. The number of benzene rings is 2. The summed E-state index contributed by atoms with van der Waals surface area (Å²) in [5, 5.41) is 3.39. The lowest BCUT2D eigenvalue weighted by Crippen LogP contribution is -2.51. The third-order valence-corrected chi connectivity index (χ3v) is 5.19. The maximum Gasteiger partial charge on any atom is 0.254 e. The molecule has 6 heteroatoms. The first-order valence-corrected chi connectivity index (χ1v) is 9.66. The number of morpholine rings is 1. The van der Waals surface area contributed by atoms with Crippen molar-refractivity contribution in [1.29, 1.82) is 0 Å². The van der Waals surface area contributed by atoms with Crippen LogP contribution in [-0.2, 0) is 9.53 Å². The number of aromatic nitrogens is 1. The number of nitrogens with zero attached hydrogens (tertiary/aromatic N) is 2. The maximum atomic E-state index is 13.4. The highest BCUT2D eigenvalue weighted by Crippen LogP contribution is 2.26. The quantitative estimate of drug-likeness (QED) is 0.748. The molecule has 2 heterocycles. The molecule has 1 aliphatic heterocycles. The van der Waals surface area contributed by atoms with Gasteiger partial charge in [-0.25, -0.2) is 4.98 Å². The van der Waals surface area contributed by atoms with E-state index in [2.05, 4.69) is 5.32 Å². The molecule has 0 bridgehead atoms. The van der Waals surface area contributed by atoms with Crippen molar-refractivity contribution in [3.63, 3.8) is 0 Å². The molecule has 2 amide bonds. The van der Waals surface area contributed by atoms with E-state index >= 15 is 0 Å². The van der Waals surface area contributed by atoms with Crippen molar-refractivity contribution in [3.8, 4) is 11.3 Å². The molecule has 29 heavy (non-hydrogen) atoms. The minimum Gasteiger partial charge on any atom is -0.365 e. The van der Waals surface area contributed by atoms with Gasteiger partial charge in [-0.3, -0.25) is 9.59 Å². The number of pyridine rings is 1. The number of carbonyl (C=O) groups is 2. The third kappa shape index (κ3) is 3.84. The molecule has 1 fully saturated rings. The first kappa shape index (κ1) is 19.1. The van der Waals surface area contributed by atoms with Gasteiger partial charge in [0.1, 0.15) is 0 Å². The van der Waals surface area contributed by atoms with Crippen LogP contribution in [0.5, 0.6) is 0 Å². The summed E-state index contributed by atoms with van der Waals surface area (Å²) in [4.78, 5) is 31.8. The Hall–Kier alpha value is -3.25. The molecule has 1 aliphatic rings. The maximum absolute atomic E-state index is 13.4. The van der Waals surface area contributed by atoms with E-state index in [1.807, 2.05) is 61.5 Å². The van der Waals surface area contributed by atoms with Gasteiger partial charge in [0.15, 0.2) is 6.10 Å². The second-order valence-electron chi connectivity index (χ2n) is 7.16. The van der Waals surface area contributed by atoms with Crippen LogP contribution >= 0.6 is 0 Å². The minimum atomic E-state index is -0.651. The Balaban J connectivity index is 1.74. The van der Waals surface area contributed by atoms with Crippen LogP contribution in [0.25, 0.3) is 22.2 Å². The molecule has 4 rings (SSSR count). The molecule has 6 nitrogen and oxygen atoms in total. The van der Waals surface area contributed by atoms with Crippen LogP contribution in [0.4, 0.5) is 0 Å². The summed E-state index contributed by atoms with van der Waals surface area (Å²) in [6.07, 6.45) is -0.651. The summed E-state index contributed by atoms with van der Waals surface area (Å²) in [6, 6.07) is 17.6. The zero-order valence-corrected chi connectivity index (χ0v) is 16.5. The van der Waals surface area contributed by atoms with Gasteiger partial charge in [0.25, 0.3) is 11.8 Å². The fourth-order valence-electron chi connectivity index (χ4n) is 3.55. The number of aryl methyl sites for hydroxylation is 1. The van der Waals surface area contributed by atoms with Gasteiger partial charge in [0.05, 0.1) is 29.9 Å². The molecule has 0 radical (unpaired) electrons. The van der Waals surface area contributed by atoms with Crippen molar-refractivity contribution in [2.75, 3.05) is 26.7 Å². The lowest BCUT2D eigenvalue weighted by molar-refractivity contribution is -0.136. The summed E-state index contributed by atoms with van der Waals surface area (Å²) < 4.78 is 5.52. The lowest BCUT2D eigenvalue weighted by atomic mass is 10.0. The zero-order chi connectivity index (χ0) is 20.4. The van der Waals surface area contributed by atoms with E-state index in [1.54, 1.807) is 11.9 Å². The van der Waals surface area contributed by atoms with Crippen LogP contribution in [0.1, 0.15) is 15.9 Å². The number of ether oxygens (including phenoxy) is 1. The second kappa shape index (κ2) is 8.01. The molecule has 1 atom stereocenters. The Kier molecular flexibility index (Phi) is 5.27. The van der Waals surface area contributed by atoms with Crippen LogP contribution in [0.2, 0.25) is 0 Å². The molecule has 0 aliphatic carbocycles. The fourth-order valence-corrected chi connectivity index (χ4v) is 3.55. The molecule has 2 aromatic carbocycles. The van der Waals surface area contributed by atoms with Crippen molar-refractivity contribution in [3.05, 3.63) is 65.7 Å². The number of likely N-dealkylation sites (N-methyl/N-ethyl adjacent to an activating group) is 1. The van der Waals surface area contributed by atoms with Gasteiger partial charge in [-0.1, -0.05) is 48.0 Å². The molecule has 1 saturated heterocycles. The highest BCUT2D eigenvalue weighted by Gasteiger charge is 2.30. The van der Waals surface area contributed by atoms with Gasteiger partial charge >= 0.3 is 0 Å². The topological polar surface area (TPSA) is 71.5 Å². The normalized spacial score (nSPS) is 16.6. The highest BCUT2D eigenvalue weighted by atomic mass is 16.5.